The molecule has 0 saturated carbocycles. The summed E-state index contributed by atoms with van der Waals surface area (Å²) in [6, 6.07) is 84.5. The second-order valence-corrected chi connectivity index (χ2v) is 34.0. The fourth-order valence-corrected chi connectivity index (χ4v) is 5.30. The van der Waals surface area contributed by atoms with E-state index in [1.807, 2.05) is 220 Å². The Labute approximate surface area is 714 Å². The molecule has 0 aliphatic heterocycles. The Morgan fingerprint density at radius 1 is 0.162 bits per heavy atom. The molecule has 598 valence electrons. The third-order valence-electron chi connectivity index (χ3n) is 8.16. The molecule has 0 heterocycles. The van der Waals surface area contributed by atoms with E-state index in [-0.39, 0.29) is 65.4 Å². The van der Waals surface area contributed by atoms with Crippen molar-refractivity contribution in [2.75, 3.05) is 0 Å². The Kier molecular flexibility index (Phi) is 101. The van der Waals surface area contributed by atoms with Crippen molar-refractivity contribution < 1.29 is 65.4 Å². The van der Waals surface area contributed by atoms with Crippen LogP contribution in [0.2, 0.25) is 0 Å². The molecular formula is C103H176Y2-4. The van der Waals surface area contributed by atoms with Gasteiger partial charge < -0.3 is 0 Å². The molecule has 0 aliphatic carbocycles. The van der Waals surface area contributed by atoms with Crippen molar-refractivity contribution in [1.82, 2.24) is 0 Å². The first kappa shape index (κ1) is 130. The van der Waals surface area contributed by atoms with Gasteiger partial charge in [-0.3, -0.25) is 0 Å². The Bertz CT molecular complexity index is 2410. The molecule has 8 aromatic carbocycles. The third kappa shape index (κ3) is 136. The molecule has 0 N–H and O–H groups in total. The first-order valence-electron chi connectivity index (χ1n) is 39.6. The molecule has 0 aromatic heterocycles. The maximum absolute atomic E-state index is 3.15. The molecule has 2 radical (unpaired) electrons. The van der Waals surface area contributed by atoms with Gasteiger partial charge in [0.2, 0.25) is 0 Å². The smallest absolute Gasteiger partial charge is 0 e. The molecule has 0 fully saturated rings. The van der Waals surface area contributed by atoms with Gasteiger partial charge in [-0.05, 0) is 71.1 Å². The summed E-state index contributed by atoms with van der Waals surface area (Å²) in [6.07, 6.45) is 0. The summed E-state index contributed by atoms with van der Waals surface area (Å²) >= 11 is 0. The average Bonchev–Trinajstić information content (AvgIpc) is 0.856. The maximum Gasteiger partial charge on any atom is 0 e. The van der Waals surface area contributed by atoms with E-state index < -0.39 is 0 Å². The average molecular weight is 1590 g/mol. The van der Waals surface area contributed by atoms with E-state index in [9.17, 15) is 0 Å². The van der Waals surface area contributed by atoms with E-state index in [0.29, 0.717) is 43.3 Å². The zero-order valence-corrected chi connectivity index (χ0v) is 84.5. The van der Waals surface area contributed by atoms with E-state index in [0.717, 1.165) is 22.3 Å². The predicted octanol–water partition coefficient (Wildman–Crippen LogP) is 36.5. The Morgan fingerprint density at radius 3 is 0.400 bits per heavy atom. The van der Waals surface area contributed by atoms with Crippen LogP contribution < -0.4 is 0 Å². The first-order chi connectivity index (χ1) is 47.5. The molecule has 0 bridgehead atoms. The fraction of sp³-hybridized carbons (Fsp3) is 0.534. The van der Waals surface area contributed by atoms with Gasteiger partial charge in [0.1, 0.15) is 0 Å². The summed E-state index contributed by atoms with van der Waals surface area (Å²) in [5.41, 5.74) is 14.6. The summed E-state index contributed by atoms with van der Waals surface area (Å²) < 4.78 is 0. The second kappa shape index (κ2) is 81.0. The molecule has 0 saturated heterocycles. The van der Waals surface area contributed by atoms with Crippen LogP contribution in [0.3, 0.4) is 0 Å². The molecule has 0 amide bonds. The van der Waals surface area contributed by atoms with Crippen LogP contribution in [0.5, 0.6) is 0 Å². The van der Waals surface area contributed by atoms with Crippen molar-refractivity contribution >= 4 is 0 Å². The molecule has 0 nitrogen and oxygen atoms in total. The minimum Gasteiger partial charge on any atom is -0.226 e. The normalized spacial score (nSPS) is 9.51. The molecule has 0 unspecified atom stereocenters. The van der Waals surface area contributed by atoms with E-state index in [4.69, 9.17) is 0 Å². The molecule has 0 aliphatic rings. The standard InChI is InChI=1S/C18H14.2C12H8.C10H14.7C5H12.8C2H6.2Y/c1-3-7-15(8-4-1)17-11-13-18(14-12-17)16-9-5-2-6-10-16;2*1-3-7-11(8-4-1)12-9-5-2-6-10-12;1-10(2,3)9-7-5-4-6-8-9;7*1-5(2,3)4;8*1-2;;/h1-14H;2*1-7,9H;4-8H,1-3H3;7*1-4H3;8*1-2H3;;/q;2*-2;;;;;;;;;;;;;;;;;;. The van der Waals surface area contributed by atoms with Crippen molar-refractivity contribution in [2.45, 2.75) is 331 Å². The van der Waals surface area contributed by atoms with Gasteiger partial charge in [0.25, 0.3) is 0 Å². The summed E-state index contributed by atoms with van der Waals surface area (Å²) in [4.78, 5) is 0. The van der Waals surface area contributed by atoms with Gasteiger partial charge in [0.05, 0.1) is 0 Å². The minimum atomic E-state index is 0. The summed E-state index contributed by atoms with van der Waals surface area (Å²) in [7, 11) is 0. The topological polar surface area (TPSA) is 0 Å². The SMILES string of the molecule is CC.CC.CC.CC.CC.CC.CC.CC.CC(C)(C)C.CC(C)(C)C.CC(C)(C)C.CC(C)(C)C.CC(C)(C)C.CC(C)(C)C.CC(C)(C)C.CC(C)(C)c1ccccc1.[Y].[Y].[c-]1ccccc1-c1[c-]cccc1.[c-]1ccccc1-c1[c-]cccc1.c1ccc(-c2ccc(-c3ccccc3)cc2)cc1. The molecule has 8 aromatic rings. The van der Waals surface area contributed by atoms with Crippen LogP contribution in [0.1, 0.15) is 331 Å². The van der Waals surface area contributed by atoms with Gasteiger partial charge in [-0.1, -0.05) is 441 Å². The third-order valence-corrected chi connectivity index (χ3v) is 8.16. The van der Waals surface area contributed by atoms with Crippen LogP contribution in [-0.2, 0) is 70.8 Å². The number of benzene rings is 8. The van der Waals surface area contributed by atoms with Gasteiger partial charge in [-0.15, -0.1) is 24.3 Å². The van der Waals surface area contributed by atoms with Gasteiger partial charge in [0.15, 0.2) is 0 Å². The Balaban J connectivity index is -0.0000000813. The fourth-order valence-electron chi connectivity index (χ4n) is 5.30. The Hall–Kier alpha value is -4.03. The van der Waals surface area contributed by atoms with Crippen molar-refractivity contribution in [1.29, 1.82) is 0 Å². The Morgan fingerprint density at radius 2 is 0.286 bits per heavy atom. The summed E-state index contributed by atoms with van der Waals surface area (Å²) in [5.74, 6) is 0. The second-order valence-electron chi connectivity index (χ2n) is 34.0. The van der Waals surface area contributed by atoms with Crippen LogP contribution in [0.25, 0.3) is 44.5 Å². The molecule has 8 rings (SSSR count). The van der Waals surface area contributed by atoms with Crippen molar-refractivity contribution in [3.8, 4) is 44.5 Å². The van der Waals surface area contributed by atoms with Crippen molar-refractivity contribution in [3.05, 3.63) is 242 Å². The molecular weight excluding hydrogens is 1410 g/mol. The van der Waals surface area contributed by atoms with E-state index in [1.54, 1.807) is 0 Å². The van der Waals surface area contributed by atoms with Gasteiger partial charge in [0, 0.05) is 65.4 Å². The van der Waals surface area contributed by atoms with Crippen molar-refractivity contribution in [3.63, 3.8) is 0 Å². The number of rotatable bonds is 4. The first-order valence-corrected chi connectivity index (χ1v) is 39.6. The molecule has 2 heteroatoms. The van der Waals surface area contributed by atoms with E-state index in [2.05, 4.69) is 342 Å². The van der Waals surface area contributed by atoms with Gasteiger partial charge in [-0.2, -0.15) is 97.1 Å². The summed E-state index contributed by atoms with van der Waals surface area (Å²) in [5, 5.41) is 0. The minimum absolute atomic E-state index is 0. The summed E-state index contributed by atoms with van der Waals surface area (Å²) in [6.45, 7) is 99.9. The van der Waals surface area contributed by atoms with E-state index in [1.165, 1.54) is 27.8 Å². The van der Waals surface area contributed by atoms with Crippen molar-refractivity contribution in [2.24, 2.45) is 37.9 Å². The molecule has 105 heavy (non-hydrogen) atoms. The maximum atomic E-state index is 3.15. The zero-order valence-electron chi connectivity index (χ0n) is 78.9. The monoisotopic (exact) mass is 1590 g/mol. The van der Waals surface area contributed by atoms with Crippen LogP contribution in [-0.4, -0.2) is 0 Å². The van der Waals surface area contributed by atoms with E-state index >= 15 is 0 Å². The molecule has 0 spiro atoms. The number of hydrogen-bond donors (Lipinski definition) is 0. The van der Waals surface area contributed by atoms with Crippen LogP contribution in [0.4, 0.5) is 0 Å². The quantitative estimate of drug-likeness (QED) is 0.154. The number of hydrogen-bond acceptors (Lipinski definition) is 0. The van der Waals surface area contributed by atoms with Crippen LogP contribution in [0.15, 0.2) is 212 Å². The van der Waals surface area contributed by atoms with Crippen LogP contribution in [0, 0.1) is 62.2 Å². The largest absolute Gasteiger partial charge is 0.226 e. The van der Waals surface area contributed by atoms with Crippen LogP contribution >= 0.6 is 0 Å². The van der Waals surface area contributed by atoms with Gasteiger partial charge in [-0.25, -0.2) is 22.3 Å². The molecule has 0 atom stereocenters. The predicted molar refractivity (Wildman–Crippen MR) is 488 cm³/mol. The zero-order chi connectivity index (χ0) is 83.8. The van der Waals surface area contributed by atoms with Gasteiger partial charge >= 0.3 is 0 Å².